The number of fused-ring (bicyclic) bond motifs is 1. The van der Waals surface area contributed by atoms with E-state index in [1.807, 2.05) is 38.1 Å². The molecule has 180 valence electrons. The van der Waals surface area contributed by atoms with Gasteiger partial charge in [0.05, 0.1) is 6.04 Å². The van der Waals surface area contributed by atoms with Crippen molar-refractivity contribution in [3.8, 4) is 0 Å². The van der Waals surface area contributed by atoms with Gasteiger partial charge < -0.3 is 9.88 Å². The van der Waals surface area contributed by atoms with Crippen LogP contribution in [0.3, 0.4) is 0 Å². The minimum atomic E-state index is -0.229. The second-order valence-corrected chi connectivity index (χ2v) is 9.78. The van der Waals surface area contributed by atoms with E-state index in [0.717, 1.165) is 48.7 Å². The number of rotatable bonds is 7. The van der Waals surface area contributed by atoms with Crippen LogP contribution in [0, 0.1) is 25.6 Å². The molecule has 0 saturated heterocycles. The number of nitrogens with one attached hydrogen (secondary N) is 1. The number of carbonyl (C=O) groups excluding carboxylic acids is 1. The van der Waals surface area contributed by atoms with Crippen molar-refractivity contribution in [1.29, 1.82) is 0 Å². The van der Waals surface area contributed by atoms with Gasteiger partial charge in [-0.05, 0) is 44.4 Å². The summed E-state index contributed by atoms with van der Waals surface area (Å²) in [6.07, 6.45) is 1.51. The van der Waals surface area contributed by atoms with Crippen LogP contribution in [0.4, 0.5) is 4.39 Å². The molecule has 2 heterocycles. The Morgan fingerprint density at radius 2 is 1.79 bits per heavy atom. The van der Waals surface area contributed by atoms with Crippen LogP contribution < -0.4 is 5.32 Å². The van der Waals surface area contributed by atoms with Crippen molar-refractivity contribution < 1.29 is 9.18 Å². The van der Waals surface area contributed by atoms with Crippen molar-refractivity contribution in [2.75, 3.05) is 13.1 Å². The van der Waals surface area contributed by atoms with Crippen LogP contribution in [0.15, 0.2) is 42.5 Å². The molecule has 0 fully saturated rings. The number of amides is 1. The summed E-state index contributed by atoms with van der Waals surface area (Å²) in [4.78, 5) is 15.4. The van der Waals surface area contributed by atoms with Gasteiger partial charge >= 0.3 is 0 Å². The normalized spacial score (nSPS) is 15.1. The summed E-state index contributed by atoms with van der Waals surface area (Å²) in [5, 5.41) is 12.2. The molecule has 1 aliphatic heterocycles. The van der Waals surface area contributed by atoms with E-state index < -0.39 is 0 Å². The average Bonchev–Trinajstić information content (AvgIpc) is 3.08. The Bertz CT molecular complexity index is 1140. The molecule has 1 aliphatic rings. The molecule has 1 N–H and O–H groups in total. The van der Waals surface area contributed by atoms with Crippen LogP contribution in [0.5, 0.6) is 0 Å². The standard InChI is InChI=1S/C27H34FN5O/c1-18(2)13-24(29-27(34)22-15-19(3)14-20(4)16-22)26-31-30-25-9-10-32(11-12-33(25)26)17-21-7-5-6-8-23(21)28/h5-8,14-16,18,24H,9-13,17H2,1-4H3,(H,29,34). The van der Waals surface area contributed by atoms with Crippen LogP contribution in [-0.4, -0.2) is 38.7 Å². The fraction of sp³-hybridized carbons (Fsp3) is 0.444. The zero-order valence-corrected chi connectivity index (χ0v) is 20.5. The number of aryl methyl sites for hydroxylation is 2. The molecular weight excluding hydrogens is 429 g/mol. The third-order valence-corrected chi connectivity index (χ3v) is 6.31. The van der Waals surface area contributed by atoms with Crippen LogP contribution >= 0.6 is 0 Å². The first kappa shape index (κ1) is 24.1. The van der Waals surface area contributed by atoms with Gasteiger partial charge in [0.15, 0.2) is 5.82 Å². The van der Waals surface area contributed by atoms with E-state index in [-0.39, 0.29) is 17.8 Å². The Kier molecular flexibility index (Phi) is 7.41. The van der Waals surface area contributed by atoms with Crippen LogP contribution in [0.1, 0.15) is 65.0 Å². The summed E-state index contributed by atoms with van der Waals surface area (Å²) in [5.41, 5.74) is 3.51. The van der Waals surface area contributed by atoms with E-state index in [2.05, 4.69) is 44.9 Å². The lowest BCUT2D eigenvalue weighted by molar-refractivity contribution is 0.0928. The van der Waals surface area contributed by atoms with Crippen molar-refractivity contribution in [1.82, 2.24) is 25.0 Å². The highest BCUT2D eigenvalue weighted by Gasteiger charge is 2.26. The lowest BCUT2D eigenvalue weighted by Crippen LogP contribution is -2.32. The first-order valence-electron chi connectivity index (χ1n) is 12.1. The SMILES string of the molecule is Cc1cc(C)cc(C(=O)NC(CC(C)C)c2nnc3n2CCN(Cc2ccccc2F)CC3)c1. The molecule has 0 spiro atoms. The van der Waals surface area contributed by atoms with E-state index >= 15 is 0 Å². The molecule has 3 aromatic rings. The molecule has 4 rings (SSSR count). The smallest absolute Gasteiger partial charge is 0.251 e. The van der Waals surface area contributed by atoms with Crippen molar-refractivity contribution >= 4 is 5.91 Å². The lowest BCUT2D eigenvalue weighted by atomic mass is 10.0. The van der Waals surface area contributed by atoms with Gasteiger partial charge in [0.1, 0.15) is 11.6 Å². The van der Waals surface area contributed by atoms with Gasteiger partial charge in [0, 0.05) is 43.7 Å². The summed E-state index contributed by atoms with van der Waals surface area (Å²) < 4.78 is 16.3. The molecular formula is C27H34FN5O. The fourth-order valence-electron chi connectivity index (χ4n) is 4.72. The monoisotopic (exact) mass is 463 g/mol. The Morgan fingerprint density at radius 3 is 2.50 bits per heavy atom. The molecule has 2 aromatic carbocycles. The number of nitrogens with zero attached hydrogens (tertiary/aromatic N) is 4. The van der Waals surface area contributed by atoms with E-state index in [9.17, 15) is 9.18 Å². The van der Waals surface area contributed by atoms with Crippen LogP contribution in [0.2, 0.25) is 0 Å². The van der Waals surface area contributed by atoms with Gasteiger partial charge in [0.25, 0.3) is 5.91 Å². The van der Waals surface area contributed by atoms with Crippen molar-refractivity contribution in [3.05, 3.63) is 82.2 Å². The first-order chi connectivity index (χ1) is 16.3. The zero-order valence-electron chi connectivity index (χ0n) is 20.5. The highest BCUT2D eigenvalue weighted by molar-refractivity contribution is 5.94. The predicted octanol–water partition coefficient (Wildman–Crippen LogP) is 4.61. The first-order valence-corrected chi connectivity index (χ1v) is 12.1. The average molecular weight is 464 g/mol. The maximum absolute atomic E-state index is 14.2. The van der Waals surface area contributed by atoms with Gasteiger partial charge in [0.2, 0.25) is 0 Å². The highest BCUT2D eigenvalue weighted by Crippen LogP contribution is 2.24. The van der Waals surface area contributed by atoms with Crippen LogP contribution in [-0.2, 0) is 19.5 Å². The summed E-state index contributed by atoms with van der Waals surface area (Å²) in [5.74, 6) is 1.83. The van der Waals surface area contributed by atoms with E-state index in [4.69, 9.17) is 0 Å². The molecule has 34 heavy (non-hydrogen) atoms. The molecule has 1 atom stereocenters. The quantitative estimate of drug-likeness (QED) is 0.556. The third kappa shape index (κ3) is 5.70. The molecule has 6 nitrogen and oxygen atoms in total. The fourth-order valence-corrected chi connectivity index (χ4v) is 4.72. The molecule has 0 bridgehead atoms. The molecule has 1 unspecified atom stereocenters. The van der Waals surface area contributed by atoms with Gasteiger partial charge in [-0.15, -0.1) is 10.2 Å². The topological polar surface area (TPSA) is 63.1 Å². The molecule has 1 aromatic heterocycles. The number of hydrogen-bond donors (Lipinski definition) is 1. The van der Waals surface area contributed by atoms with E-state index in [1.54, 1.807) is 6.07 Å². The number of hydrogen-bond acceptors (Lipinski definition) is 4. The summed E-state index contributed by atoms with van der Waals surface area (Å²) in [6, 6.07) is 12.6. The highest BCUT2D eigenvalue weighted by atomic mass is 19.1. The van der Waals surface area contributed by atoms with Gasteiger partial charge in [-0.25, -0.2) is 4.39 Å². The predicted molar refractivity (Wildman–Crippen MR) is 131 cm³/mol. The Labute approximate surface area is 201 Å². The van der Waals surface area contributed by atoms with Crippen molar-refractivity contribution in [3.63, 3.8) is 0 Å². The third-order valence-electron chi connectivity index (χ3n) is 6.31. The second-order valence-electron chi connectivity index (χ2n) is 9.78. The van der Waals surface area contributed by atoms with E-state index in [1.165, 1.54) is 6.07 Å². The number of aromatic nitrogens is 3. The second kappa shape index (κ2) is 10.5. The van der Waals surface area contributed by atoms with Crippen LogP contribution in [0.25, 0.3) is 0 Å². The van der Waals surface area contributed by atoms with E-state index in [0.29, 0.717) is 30.1 Å². The maximum atomic E-state index is 14.2. The van der Waals surface area contributed by atoms with Crippen molar-refractivity contribution in [2.45, 2.75) is 59.7 Å². The van der Waals surface area contributed by atoms with Gasteiger partial charge in [-0.1, -0.05) is 49.2 Å². The van der Waals surface area contributed by atoms with Crippen molar-refractivity contribution in [2.24, 2.45) is 5.92 Å². The number of benzene rings is 2. The van der Waals surface area contributed by atoms with Gasteiger partial charge in [-0.3, -0.25) is 9.69 Å². The molecule has 0 saturated carbocycles. The zero-order chi connectivity index (χ0) is 24.2. The minimum Gasteiger partial charge on any atom is -0.342 e. The molecule has 1 amide bonds. The Hall–Kier alpha value is -3.06. The molecule has 0 radical (unpaired) electrons. The number of halogens is 1. The largest absolute Gasteiger partial charge is 0.342 e. The summed E-state index contributed by atoms with van der Waals surface area (Å²) in [7, 11) is 0. The Morgan fingerprint density at radius 1 is 1.06 bits per heavy atom. The summed E-state index contributed by atoms with van der Waals surface area (Å²) in [6.45, 7) is 11.1. The minimum absolute atomic E-state index is 0.0930. The Balaban J connectivity index is 1.52. The number of carbonyl (C=O) groups is 1. The molecule has 0 aliphatic carbocycles. The molecule has 7 heteroatoms. The lowest BCUT2D eigenvalue weighted by Gasteiger charge is -2.22. The van der Waals surface area contributed by atoms with Gasteiger partial charge in [-0.2, -0.15) is 0 Å². The summed E-state index contributed by atoms with van der Waals surface area (Å²) >= 11 is 0. The maximum Gasteiger partial charge on any atom is 0.251 e.